The van der Waals surface area contributed by atoms with Gasteiger partial charge in [-0.25, -0.2) is 17.2 Å². The van der Waals surface area contributed by atoms with Gasteiger partial charge in [-0.15, -0.1) is 0 Å². The summed E-state index contributed by atoms with van der Waals surface area (Å²) in [6.07, 6.45) is 0.379. The van der Waals surface area contributed by atoms with Crippen molar-refractivity contribution in [2.75, 3.05) is 20.1 Å². The lowest BCUT2D eigenvalue weighted by atomic mass is 9.88. The summed E-state index contributed by atoms with van der Waals surface area (Å²) in [6.45, 7) is 0.950. The van der Waals surface area contributed by atoms with Gasteiger partial charge in [0, 0.05) is 10.6 Å². The van der Waals surface area contributed by atoms with Gasteiger partial charge in [0.2, 0.25) is 0 Å². The second-order valence-corrected chi connectivity index (χ2v) is 9.08. The first-order chi connectivity index (χ1) is 11.8. The minimum atomic E-state index is -3.95. The molecule has 25 heavy (non-hydrogen) atoms. The van der Waals surface area contributed by atoms with E-state index in [1.807, 2.05) is 11.9 Å². The third-order valence-corrected chi connectivity index (χ3v) is 7.65. The smallest absolute Gasteiger partial charge is 0.188 e. The molecule has 134 valence electrons. The molecule has 1 aliphatic heterocycles. The molecule has 3 rings (SSSR count). The lowest BCUT2D eigenvalue weighted by molar-refractivity contribution is 0.229. The van der Waals surface area contributed by atoms with Crippen LogP contribution in [0.1, 0.15) is 18.4 Å². The average molecular weight is 386 g/mol. The summed E-state index contributed by atoms with van der Waals surface area (Å²) in [4.78, 5) is 2.04. The van der Waals surface area contributed by atoms with Crippen LogP contribution in [-0.2, 0) is 14.6 Å². The van der Waals surface area contributed by atoms with E-state index in [2.05, 4.69) is 0 Å². The Morgan fingerprint density at radius 1 is 1.04 bits per heavy atom. The van der Waals surface area contributed by atoms with Gasteiger partial charge in [-0.2, -0.15) is 0 Å². The van der Waals surface area contributed by atoms with Crippen molar-refractivity contribution in [3.8, 4) is 0 Å². The molecule has 2 aromatic rings. The van der Waals surface area contributed by atoms with Crippen LogP contribution in [0.5, 0.6) is 0 Å². The molecule has 0 saturated carbocycles. The third-order valence-electron chi connectivity index (χ3n) is 4.85. The molecule has 1 heterocycles. The topological polar surface area (TPSA) is 37.4 Å². The summed E-state index contributed by atoms with van der Waals surface area (Å²) in [7, 11) is -2.07. The van der Waals surface area contributed by atoms with E-state index >= 15 is 0 Å². The average Bonchev–Trinajstić information content (AvgIpc) is 2.58. The van der Waals surface area contributed by atoms with E-state index in [-0.39, 0.29) is 23.3 Å². The molecule has 0 bridgehead atoms. The molecular formula is C18H18ClF2NO2S. The predicted molar refractivity (Wildman–Crippen MR) is 93.4 cm³/mol. The van der Waals surface area contributed by atoms with Gasteiger partial charge in [0.05, 0.1) is 4.90 Å². The van der Waals surface area contributed by atoms with Crippen LogP contribution in [0.2, 0.25) is 5.02 Å². The summed E-state index contributed by atoms with van der Waals surface area (Å²) in [5.41, 5.74) is -0.101. The number of nitrogens with zero attached hydrogens (tertiary/aromatic N) is 1. The Labute approximate surface area is 151 Å². The summed E-state index contributed by atoms with van der Waals surface area (Å²) < 4.78 is 53.7. The number of benzene rings is 2. The molecule has 0 radical (unpaired) electrons. The quantitative estimate of drug-likeness (QED) is 0.801. The summed E-state index contributed by atoms with van der Waals surface area (Å²) in [5, 5.41) is 0.410. The maximum absolute atomic E-state index is 14.5. The molecule has 0 amide bonds. The van der Waals surface area contributed by atoms with Crippen molar-refractivity contribution in [1.29, 1.82) is 0 Å². The Balaban J connectivity index is 2.21. The Bertz CT molecular complexity index is 876. The van der Waals surface area contributed by atoms with Gasteiger partial charge in [0.1, 0.15) is 16.4 Å². The highest BCUT2D eigenvalue weighted by Crippen LogP contribution is 2.45. The molecule has 0 aliphatic carbocycles. The highest BCUT2D eigenvalue weighted by molar-refractivity contribution is 7.92. The number of hydrogen-bond donors (Lipinski definition) is 0. The molecule has 0 aromatic heterocycles. The molecule has 2 aromatic carbocycles. The first-order valence-corrected chi connectivity index (χ1v) is 9.77. The van der Waals surface area contributed by atoms with Crippen LogP contribution in [-0.4, -0.2) is 33.5 Å². The molecular weight excluding hydrogens is 368 g/mol. The van der Waals surface area contributed by atoms with Crippen molar-refractivity contribution in [1.82, 2.24) is 4.90 Å². The van der Waals surface area contributed by atoms with Crippen molar-refractivity contribution < 1.29 is 17.2 Å². The Morgan fingerprint density at radius 2 is 1.64 bits per heavy atom. The highest BCUT2D eigenvalue weighted by Gasteiger charge is 2.49. The third kappa shape index (κ3) is 3.18. The van der Waals surface area contributed by atoms with Crippen LogP contribution >= 0.6 is 11.6 Å². The zero-order valence-electron chi connectivity index (χ0n) is 13.7. The van der Waals surface area contributed by atoms with Crippen molar-refractivity contribution in [2.24, 2.45) is 0 Å². The first kappa shape index (κ1) is 18.3. The Kier molecular flexibility index (Phi) is 4.88. The SMILES string of the molecule is CN1CCC(c2cc(F)ccc2F)(S(=O)(=O)c2ccc(Cl)cc2)CC1. The fourth-order valence-corrected chi connectivity index (χ4v) is 5.59. The molecule has 1 fully saturated rings. The van der Waals surface area contributed by atoms with Gasteiger partial charge in [0.15, 0.2) is 9.84 Å². The normalized spacial score (nSPS) is 18.2. The van der Waals surface area contributed by atoms with Gasteiger partial charge in [-0.1, -0.05) is 11.6 Å². The Hall–Kier alpha value is -1.50. The molecule has 7 heteroatoms. The molecule has 0 atom stereocenters. The van der Waals surface area contributed by atoms with Crippen LogP contribution in [0.15, 0.2) is 47.4 Å². The molecule has 1 aliphatic rings. The van der Waals surface area contributed by atoms with E-state index in [9.17, 15) is 17.2 Å². The molecule has 3 nitrogen and oxygen atoms in total. The fraction of sp³-hybridized carbons (Fsp3) is 0.333. The van der Waals surface area contributed by atoms with E-state index < -0.39 is 26.2 Å². The number of likely N-dealkylation sites (tertiary alicyclic amines) is 1. The zero-order valence-corrected chi connectivity index (χ0v) is 15.2. The van der Waals surface area contributed by atoms with Crippen molar-refractivity contribution in [3.05, 3.63) is 64.7 Å². The molecule has 0 spiro atoms. The zero-order chi connectivity index (χ0) is 18.2. The van der Waals surface area contributed by atoms with Crippen molar-refractivity contribution in [2.45, 2.75) is 22.5 Å². The summed E-state index contributed by atoms with van der Waals surface area (Å²) in [5.74, 6) is -1.36. The van der Waals surface area contributed by atoms with Crippen LogP contribution in [0.3, 0.4) is 0 Å². The summed E-state index contributed by atoms with van der Waals surface area (Å²) >= 11 is 5.85. The minimum absolute atomic E-state index is 0.0603. The number of halogens is 3. The standard InChI is InChI=1S/C18H18ClF2NO2S/c1-22-10-8-18(9-11-22,16-12-14(20)4-7-17(16)21)25(23,24)15-5-2-13(19)3-6-15/h2-7,12H,8-11H2,1H3. The largest absolute Gasteiger partial charge is 0.306 e. The molecule has 0 N–H and O–H groups in total. The van der Waals surface area contributed by atoms with E-state index in [0.717, 1.165) is 18.2 Å². The van der Waals surface area contributed by atoms with Crippen molar-refractivity contribution in [3.63, 3.8) is 0 Å². The molecule has 1 saturated heterocycles. The second-order valence-electron chi connectivity index (χ2n) is 6.38. The van der Waals surface area contributed by atoms with Gasteiger partial charge in [-0.3, -0.25) is 0 Å². The van der Waals surface area contributed by atoms with Crippen LogP contribution in [0, 0.1) is 11.6 Å². The highest BCUT2D eigenvalue weighted by atomic mass is 35.5. The predicted octanol–water partition coefficient (Wildman–Crippen LogP) is 4.01. The van der Waals surface area contributed by atoms with Gasteiger partial charge < -0.3 is 4.90 Å². The number of hydrogen-bond acceptors (Lipinski definition) is 3. The van der Waals surface area contributed by atoms with E-state index in [4.69, 9.17) is 11.6 Å². The van der Waals surface area contributed by atoms with E-state index in [0.29, 0.717) is 18.1 Å². The fourth-order valence-electron chi connectivity index (χ4n) is 3.35. The van der Waals surface area contributed by atoms with Gasteiger partial charge in [-0.05, 0) is 75.4 Å². The molecule has 0 unspecified atom stereocenters. The number of piperidine rings is 1. The second kappa shape index (κ2) is 6.67. The number of sulfone groups is 1. The Morgan fingerprint density at radius 3 is 2.24 bits per heavy atom. The van der Waals surface area contributed by atoms with E-state index in [1.54, 1.807) is 0 Å². The van der Waals surface area contributed by atoms with Crippen molar-refractivity contribution >= 4 is 21.4 Å². The first-order valence-electron chi connectivity index (χ1n) is 7.90. The van der Waals surface area contributed by atoms with Crippen LogP contribution < -0.4 is 0 Å². The van der Waals surface area contributed by atoms with Crippen LogP contribution in [0.4, 0.5) is 8.78 Å². The van der Waals surface area contributed by atoms with Gasteiger partial charge in [0.25, 0.3) is 0 Å². The van der Waals surface area contributed by atoms with Crippen LogP contribution in [0.25, 0.3) is 0 Å². The lowest BCUT2D eigenvalue weighted by Gasteiger charge is -2.40. The van der Waals surface area contributed by atoms with E-state index in [1.165, 1.54) is 24.3 Å². The maximum atomic E-state index is 14.5. The lowest BCUT2D eigenvalue weighted by Crippen LogP contribution is -2.46. The monoisotopic (exact) mass is 385 g/mol. The number of rotatable bonds is 3. The van der Waals surface area contributed by atoms with Gasteiger partial charge >= 0.3 is 0 Å². The maximum Gasteiger partial charge on any atom is 0.188 e. The minimum Gasteiger partial charge on any atom is -0.306 e. The summed E-state index contributed by atoms with van der Waals surface area (Å²) in [6, 6.07) is 8.79.